The molecule has 0 saturated carbocycles. The first-order chi connectivity index (χ1) is 13.0. The van der Waals surface area contributed by atoms with Crippen molar-refractivity contribution in [3.63, 3.8) is 0 Å². The predicted octanol–water partition coefficient (Wildman–Crippen LogP) is 5.79. The Balaban J connectivity index is 2.57. The second kappa shape index (κ2) is 14.2. The van der Waals surface area contributed by atoms with Crippen molar-refractivity contribution < 1.29 is 19.8 Å². The maximum atomic E-state index is 10.6. The Bertz CT molecular complexity index is 565. The zero-order valence-electron chi connectivity index (χ0n) is 16.8. The highest BCUT2D eigenvalue weighted by atomic mass is 16.4. The highest BCUT2D eigenvalue weighted by Crippen LogP contribution is 2.20. The van der Waals surface area contributed by atoms with Gasteiger partial charge < -0.3 is 10.2 Å². The van der Waals surface area contributed by atoms with Crippen LogP contribution in [0.15, 0.2) is 18.2 Å². The second-order valence-electron chi connectivity index (χ2n) is 7.47. The van der Waals surface area contributed by atoms with Crippen LogP contribution in [-0.4, -0.2) is 22.2 Å². The summed E-state index contributed by atoms with van der Waals surface area (Å²) in [5.41, 5.74) is 4.18. The van der Waals surface area contributed by atoms with Gasteiger partial charge in [-0.15, -0.1) is 0 Å². The number of benzene rings is 1. The molecule has 1 rings (SSSR count). The van der Waals surface area contributed by atoms with Crippen LogP contribution in [0.4, 0.5) is 0 Å². The molecule has 0 aliphatic heterocycles. The highest BCUT2D eigenvalue weighted by Gasteiger charge is 2.06. The molecule has 2 N–H and O–H groups in total. The van der Waals surface area contributed by atoms with Crippen molar-refractivity contribution >= 4 is 11.9 Å². The van der Waals surface area contributed by atoms with E-state index in [0.29, 0.717) is 0 Å². The number of unbranched alkanes of at least 4 members (excludes halogenated alkanes) is 6. The number of hydrogen-bond acceptors (Lipinski definition) is 2. The molecule has 27 heavy (non-hydrogen) atoms. The summed E-state index contributed by atoms with van der Waals surface area (Å²) >= 11 is 0. The zero-order chi connectivity index (χ0) is 19.9. The van der Waals surface area contributed by atoms with Gasteiger partial charge in [0.2, 0.25) is 0 Å². The quantitative estimate of drug-likeness (QED) is 0.358. The number of hydrogen-bond donors (Lipinski definition) is 2. The Morgan fingerprint density at radius 2 is 1.26 bits per heavy atom. The summed E-state index contributed by atoms with van der Waals surface area (Å²) in [5, 5.41) is 17.5. The van der Waals surface area contributed by atoms with Gasteiger partial charge in [0.1, 0.15) is 0 Å². The van der Waals surface area contributed by atoms with Crippen LogP contribution in [0.25, 0.3) is 0 Å². The lowest BCUT2D eigenvalue weighted by Crippen LogP contribution is -2.00. The Morgan fingerprint density at radius 1 is 0.704 bits per heavy atom. The fourth-order valence-electron chi connectivity index (χ4n) is 3.43. The molecule has 1 aromatic rings. The van der Waals surface area contributed by atoms with Crippen molar-refractivity contribution in [2.24, 2.45) is 0 Å². The van der Waals surface area contributed by atoms with E-state index < -0.39 is 11.9 Å². The zero-order valence-corrected chi connectivity index (χ0v) is 16.8. The highest BCUT2D eigenvalue weighted by molar-refractivity contribution is 5.66. The lowest BCUT2D eigenvalue weighted by molar-refractivity contribution is -0.138. The van der Waals surface area contributed by atoms with Gasteiger partial charge in [-0.3, -0.25) is 9.59 Å². The monoisotopic (exact) mass is 376 g/mol. The number of carbonyl (C=O) groups is 2. The standard InChI is InChI=1S/C23H36O4/c1-2-3-6-11-19-16-17-20(12-7-4-9-14-22(24)25)21(18-19)13-8-5-10-15-23(26)27/h16-18H,2-15H2,1H3,(H,24,25)(H,26,27). The fourth-order valence-corrected chi connectivity index (χ4v) is 3.43. The number of rotatable bonds is 16. The maximum Gasteiger partial charge on any atom is 0.303 e. The van der Waals surface area contributed by atoms with E-state index in [2.05, 4.69) is 25.1 Å². The maximum absolute atomic E-state index is 10.6. The molecule has 152 valence electrons. The third kappa shape index (κ3) is 11.5. The van der Waals surface area contributed by atoms with Gasteiger partial charge in [-0.25, -0.2) is 0 Å². The molecule has 0 spiro atoms. The van der Waals surface area contributed by atoms with Gasteiger partial charge in [0.15, 0.2) is 0 Å². The van der Waals surface area contributed by atoms with E-state index in [9.17, 15) is 9.59 Å². The minimum Gasteiger partial charge on any atom is -0.481 e. The molecule has 0 fully saturated rings. The molecule has 0 amide bonds. The van der Waals surface area contributed by atoms with Gasteiger partial charge in [-0.1, -0.05) is 50.8 Å². The molecule has 0 atom stereocenters. The Kier molecular flexibility index (Phi) is 12.2. The van der Waals surface area contributed by atoms with Crippen LogP contribution < -0.4 is 0 Å². The van der Waals surface area contributed by atoms with E-state index in [-0.39, 0.29) is 12.8 Å². The van der Waals surface area contributed by atoms with E-state index in [1.165, 1.54) is 36.0 Å². The molecule has 0 aliphatic carbocycles. The van der Waals surface area contributed by atoms with Crippen LogP contribution in [-0.2, 0) is 28.9 Å². The number of aryl methyl sites for hydroxylation is 3. The summed E-state index contributed by atoms with van der Waals surface area (Å²) in [6.45, 7) is 2.22. The molecule has 0 aromatic heterocycles. The van der Waals surface area contributed by atoms with Crippen molar-refractivity contribution in [3.8, 4) is 0 Å². The number of carboxylic acids is 2. The minimum atomic E-state index is -0.714. The summed E-state index contributed by atoms with van der Waals surface area (Å²) in [4.78, 5) is 21.2. The van der Waals surface area contributed by atoms with Gasteiger partial charge in [-0.05, 0) is 68.1 Å². The topological polar surface area (TPSA) is 74.6 Å². The summed E-state index contributed by atoms with van der Waals surface area (Å²) in [6.07, 6.45) is 12.8. The second-order valence-corrected chi connectivity index (χ2v) is 7.47. The largest absolute Gasteiger partial charge is 0.481 e. The number of aliphatic carboxylic acids is 2. The smallest absolute Gasteiger partial charge is 0.303 e. The van der Waals surface area contributed by atoms with Gasteiger partial charge in [0.25, 0.3) is 0 Å². The molecule has 0 heterocycles. The Hall–Kier alpha value is -1.84. The molecule has 0 aliphatic rings. The SMILES string of the molecule is CCCCCc1ccc(CCCCCC(=O)O)c(CCCCCC(=O)O)c1. The van der Waals surface area contributed by atoms with Gasteiger partial charge in [0.05, 0.1) is 0 Å². The minimum absolute atomic E-state index is 0.257. The van der Waals surface area contributed by atoms with Crippen LogP contribution >= 0.6 is 0 Å². The molecule has 0 saturated heterocycles. The molecular weight excluding hydrogens is 340 g/mol. The van der Waals surface area contributed by atoms with E-state index in [1.54, 1.807) is 0 Å². The normalized spacial score (nSPS) is 10.9. The molecule has 4 heteroatoms. The lowest BCUT2D eigenvalue weighted by Gasteiger charge is -2.12. The Labute approximate surface area is 164 Å². The van der Waals surface area contributed by atoms with Gasteiger partial charge in [-0.2, -0.15) is 0 Å². The Morgan fingerprint density at radius 3 is 1.81 bits per heavy atom. The van der Waals surface area contributed by atoms with Crippen LogP contribution in [0.3, 0.4) is 0 Å². The predicted molar refractivity (Wildman–Crippen MR) is 109 cm³/mol. The van der Waals surface area contributed by atoms with Crippen molar-refractivity contribution in [1.82, 2.24) is 0 Å². The first kappa shape index (κ1) is 23.2. The van der Waals surface area contributed by atoms with Gasteiger partial charge in [0, 0.05) is 12.8 Å². The number of carboxylic acid groups (broad SMARTS) is 2. The molecule has 0 radical (unpaired) electrons. The molecular formula is C23H36O4. The lowest BCUT2D eigenvalue weighted by atomic mass is 9.93. The van der Waals surface area contributed by atoms with Crippen molar-refractivity contribution in [2.75, 3.05) is 0 Å². The van der Waals surface area contributed by atoms with Crippen molar-refractivity contribution in [1.29, 1.82) is 0 Å². The average molecular weight is 377 g/mol. The van der Waals surface area contributed by atoms with Crippen molar-refractivity contribution in [3.05, 3.63) is 34.9 Å². The summed E-state index contributed by atoms with van der Waals surface area (Å²) in [6, 6.07) is 6.85. The average Bonchev–Trinajstić information content (AvgIpc) is 2.62. The third-order valence-electron chi connectivity index (χ3n) is 5.01. The van der Waals surface area contributed by atoms with E-state index in [0.717, 1.165) is 57.8 Å². The van der Waals surface area contributed by atoms with Crippen LogP contribution in [0.2, 0.25) is 0 Å². The molecule has 4 nitrogen and oxygen atoms in total. The van der Waals surface area contributed by atoms with Crippen molar-refractivity contribution in [2.45, 2.75) is 96.8 Å². The first-order valence-electron chi connectivity index (χ1n) is 10.6. The summed E-state index contributed by atoms with van der Waals surface area (Å²) in [5.74, 6) is -1.43. The molecule has 0 unspecified atom stereocenters. The van der Waals surface area contributed by atoms with Gasteiger partial charge >= 0.3 is 11.9 Å². The van der Waals surface area contributed by atoms with E-state index in [4.69, 9.17) is 10.2 Å². The molecule has 0 bridgehead atoms. The first-order valence-corrected chi connectivity index (χ1v) is 10.6. The van der Waals surface area contributed by atoms with E-state index >= 15 is 0 Å². The third-order valence-corrected chi connectivity index (χ3v) is 5.01. The van der Waals surface area contributed by atoms with Crippen LogP contribution in [0.5, 0.6) is 0 Å². The summed E-state index contributed by atoms with van der Waals surface area (Å²) < 4.78 is 0. The van der Waals surface area contributed by atoms with E-state index in [1.807, 2.05) is 0 Å². The molecule has 1 aromatic carbocycles. The summed E-state index contributed by atoms with van der Waals surface area (Å²) in [7, 11) is 0. The van der Waals surface area contributed by atoms with Crippen LogP contribution in [0, 0.1) is 0 Å². The van der Waals surface area contributed by atoms with Crippen LogP contribution in [0.1, 0.15) is 94.2 Å². The fraction of sp³-hybridized carbons (Fsp3) is 0.652.